The highest BCUT2D eigenvalue weighted by Gasteiger charge is 2.14. The number of benzene rings is 1. The maximum atomic E-state index is 11.8. The first-order valence-corrected chi connectivity index (χ1v) is 7.80. The second-order valence-electron chi connectivity index (χ2n) is 4.34. The average molecular weight is 332 g/mol. The lowest BCUT2D eigenvalue weighted by Gasteiger charge is -2.10. The lowest BCUT2D eigenvalue weighted by atomic mass is 10.2. The number of esters is 1. The molecule has 0 aliphatic rings. The van der Waals surface area contributed by atoms with Crippen molar-refractivity contribution in [3.05, 3.63) is 23.2 Å². The molecule has 5 nitrogen and oxygen atoms in total. The van der Waals surface area contributed by atoms with Gasteiger partial charge in [-0.2, -0.15) is 11.8 Å². The van der Waals surface area contributed by atoms with E-state index in [1.165, 1.54) is 26.0 Å². The molecule has 0 saturated heterocycles. The van der Waals surface area contributed by atoms with Gasteiger partial charge in [-0.05, 0) is 18.2 Å². The molecule has 0 radical (unpaired) electrons. The highest BCUT2D eigenvalue weighted by Crippen LogP contribution is 2.27. The average Bonchev–Trinajstić information content (AvgIpc) is 2.46. The lowest BCUT2D eigenvalue weighted by molar-refractivity contribution is -0.144. The predicted molar refractivity (Wildman–Crippen MR) is 85.1 cm³/mol. The summed E-state index contributed by atoms with van der Waals surface area (Å²) in [5, 5.41) is 3.17. The van der Waals surface area contributed by atoms with Gasteiger partial charge < -0.3 is 14.8 Å². The first kappa shape index (κ1) is 17.7. The monoisotopic (exact) mass is 331 g/mol. The van der Waals surface area contributed by atoms with Gasteiger partial charge >= 0.3 is 5.97 Å². The normalized spacial score (nSPS) is 11.6. The zero-order valence-electron chi connectivity index (χ0n) is 12.1. The Kier molecular flexibility index (Phi) is 7.39. The molecule has 21 heavy (non-hydrogen) atoms. The van der Waals surface area contributed by atoms with Crippen LogP contribution in [0.3, 0.4) is 0 Å². The summed E-state index contributed by atoms with van der Waals surface area (Å²) in [7, 11) is 2.88. The molecule has 1 N–H and O–H groups in total. The van der Waals surface area contributed by atoms with E-state index >= 15 is 0 Å². The molecule has 0 aliphatic carbocycles. The Balaban J connectivity index is 2.40. The SMILES string of the molecule is COC(=O)C(C)CSCC(=O)Nc1ccc(OC)c(Cl)c1. The van der Waals surface area contributed by atoms with Crippen LogP contribution in [-0.2, 0) is 14.3 Å². The van der Waals surface area contributed by atoms with Gasteiger partial charge in [0, 0.05) is 11.4 Å². The van der Waals surface area contributed by atoms with Crippen LogP contribution < -0.4 is 10.1 Å². The second-order valence-corrected chi connectivity index (χ2v) is 5.77. The van der Waals surface area contributed by atoms with E-state index < -0.39 is 0 Å². The van der Waals surface area contributed by atoms with E-state index in [2.05, 4.69) is 10.1 Å². The first-order valence-electron chi connectivity index (χ1n) is 6.27. The quantitative estimate of drug-likeness (QED) is 0.778. The molecule has 0 aliphatic heterocycles. The molecular weight excluding hydrogens is 314 g/mol. The van der Waals surface area contributed by atoms with Crippen molar-refractivity contribution in [2.24, 2.45) is 5.92 Å². The van der Waals surface area contributed by atoms with Gasteiger partial charge in [0.1, 0.15) is 5.75 Å². The van der Waals surface area contributed by atoms with Gasteiger partial charge in [0.2, 0.25) is 5.91 Å². The fraction of sp³-hybridized carbons (Fsp3) is 0.429. The third-order valence-electron chi connectivity index (χ3n) is 2.64. The van der Waals surface area contributed by atoms with Crippen LogP contribution in [-0.4, -0.2) is 37.6 Å². The Hall–Kier alpha value is -1.40. The van der Waals surface area contributed by atoms with Crippen LogP contribution in [0.25, 0.3) is 0 Å². The minimum atomic E-state index is -0.273. The van der Waals surface area contributed by atoms with E-state index in [4.69, 9.17) is 16.3 Å². The molecule has 0 saturated carbocycles. The molecule has 0 aromatic heterocycles. The van der Waals surface area contributed by atoms with Crippen LogP contribution >= 0.6 is 23.4 Å². The molecule has 1 amide bonds. The van der Waals surface area contributed by atoms with Gasteiger partial charge in [-0.25, -0.2) is 0 Å². The molecule has 0 spiro atoms. The van der Waals surface area contributed by atoms with Gasteiger partial charge in [0.05, 0.1) is 30.9 Å². The molecule has 0 bridgehead atoms. The number of halogens is 1. The summed E-state index contributed by atoms with van der Waals surface area (Å²) in [6, 6.07) is 5.02. The number of carbonyl (C=O) groups excluding carboxylic acids is 2. The van der Waals surface area contributed by atoms with Crippen molar-refractivity contribution >= 4 is 40.9 Å². The number of anilines is 1. The number of methoxy groups -OCH3 is 2. The van der Waals surface area contributed by atoms with Crippen molar-refractivity contribution < 1.29 is 19.1 Å². The van der Waals surface area contributed by atoms with Crippen LogP contribution in [0.2, 0.25) is 5.02 Å². The smallest absolute Gasteiger partial charge is 0.309 e. The van der Waals surface area contributed by atoms with Crippen LogP contribution in [0, 0.1) is 5.92 Å². The zero-order valence-corrected chi connectivity index (χ0v) is 13.7. The Morgan fingerprint density at radius 3 is 2.67 bits per heavy atom. The van der Waals surface area contributed by atoms with Gasteiger partial charge in [0.15, 0.2) is 0 Å². The molecule has 1 aromatic rings. The number of amides is 1. The highest BCUT2D eigenvalue weighted by molar-refractivity contribution is 8.00. The van der Waals surface area contributed by atoms with Crippen molar-refractivity contribution in [2.75, 3.05) is 31.0 Å². The maximum Gasteiger partial charge on any atom is 0.309 e. The summed E-state index contributed by atoms with van der Waals surface area (Å²) in [5.74, 6) is 0.677. The third kappa shape index (κ3) is 5.85. The van der Waals surface area contributed by atoms with Gasteiger partial charge in [-0.3, -0.25) is 9.59 Å². The fourth-order valence-corrected chi connectivity index (χ4v) is 2.66. The summed E-state index contributed by atoms with van der Waals surface area (Å²) in [4.78, 5) is 23.0. The molecule has 1 unspecified atom stereocenters. The van der Waals surface area contributed by atoms with E-state index in [0.717, 1.165) is 0 Å². The van der Waals surface area contributed by atoms with Gasteiger partial charge in [0.25, 0.3) is 0 Å². The van der Waals surface area contributed by atoms with Crippen molar-refractivity contribution in [1.29, 1.82) is 0 Å². The van der Waals surface area contributed by atoms with Crippen molar-refractivity contribution in [2.45, 2.75) is 6.92 Å². The minimum absolute atomic E-state index is 0.154. The fourth-order valence-electron chi connectivity index (χ4n) is 1.54. The van der Waals surface area contributed by atoms with E-state index in [1.807, 2.05) is 0 Å². The molecule has 0 heterocycles. The number of nitrogens with one attached hydrogen (secondary N) is 1. The molecule has 7 heteroatoms. The van der Waals surface area contributed by atoms with Gasteiger partial charge in [-0.15, -0.1) is 0 Å². The summed E-state index contributed by atoms with van der Waals surface area (Å²) in [5.41, 5.74) is 0.604. The highest BCUT2D eigenvalue weighted by atomic mass is 35.5. The number of hydrogen-bond donors (Lipinski definition) is 1. The van der Waals surface area contributed by atoms with E-state index in [0.29, 0.717) is 22.2 Å². The lowest BCUT2D eigenvalue weighted by Crippen LogP contribution is -2.18. The minimum Gasteiger partial charge on any atom is -0.495 e. The van der Waals surface area contributed by atoms with Crippen LogP contribution in [0.4, 0.5) is 5.69 Å². The topological polar surface area (TPSA) is 64.6 Å². The van der Waals surface area contributed by atoms with Crippen LogP contribution in [0.15, 0.2) is 18.2 Å². The van der Waals surface area contributed by atoms with Crippen molar-refractivity contribution in [3.8, 4) is 5.75 Å². The van der Waals surface area contributed by atoms with Gasteiger partial charge in [-0.1, -0.05) is 18.5 Å². The van der Waals surface area contributed by atoms with Crippen LogP contribution in [0.5, 0.6) is 5.75 Å². The standard InChI is InChI=1S/C14H18ClNO4S/c1-9(14(18)20-3)7-21-8-13(17)16-10-4-5-12(19-2)11(15)6-10/h4-6,9H,7-8H2,1-3H3,(H,16,17). The number of rotatable bonds is 7. The summed E-state index contributed by atoms with van der Waals surface area (Å²) < 4.78 is 9.66. The third-order valence-corrected chi connectivity index (χ3v) is 4.14. The Bertz CT molecular complexity index is 510. The molecule has 1 rings (SSSR count). The molecule has 0 fully saturated rings. The van der Waals surface area contributed by atoms with E-state index in [-0.39, 0.29) is 23.5 Å². The molecular formula is C14H18ClNO4S. The van der Waals surface area contributed by atoms with E-state index in [9.17, 15) is 9.59 Å². The van der Waals surface area contributed by atoms with Crippen molar-refractivity contribution in [1.82, 2.24) is 0 Å². The Morgan fingerprint density at radius 2 is 2.10 bits per heavy atom. The van der Waals surface area contributed by atoms with Crippen LogP contribution in [0.1, 0.15) is 6.92 Å². The summed E-state index contributed by atoms with van der Waals surface area (Å²) in [6.07, 6.45) is 0. The number of thioether (sulfide) groups is 1. The predicted octanol–water partition coefficient (Wildman–Crippen LogP) is 2.83. The maximum absolute atomic E-state index is 11.8. The summed E-state index contributed by atoms with van der Waals surface area (Å²) in [6.45, 7) is 1.76. The second kappa shape index (κ2) is 8.79. The number of carbonyl (C=O) groups is 2. The number of hydrogen-bond acceptors (Lipinski definition) is 5. The first-order chi connectivity index (χ1) is 9.97. The molecule has 1 atom stereocenters. The van der Waals surface area contributed by atoms with E-state index in [1.54, 1.807) is 25.1 Å². The Morgan fingerprint density at radius 1 is 1.38 bits per heavy atom. The Labute approximate surface area is 133 Å². The number of ether oxygens (including phenoxy) is 2. The van der Waals surface area contributed by atoms with Crippen molar-refractivity contribution in [3.63, 3.8) is 0 Å². The largest absolute Gasteiger partial charge is 0.495 e. The molecule has 116 valence electrons. The summed E-state index contributed by atoms with van der Waals surface area (Å²) >= 11 is 7.35. The zero-order chi connectivity index (χ0) is 15.8. The molecule has 1 aromatic carbocycles.